The molecule has 0 bridgehead atoms. The molecule has 0 saturated heterocycles. The summed E-state index contributed by atoms with van der Waals surface area (Å²) in [4.78, 5) is 0. The Hall–Kier alpha value is 0.434. The molecule has 0 N–H and O–H groups in total. The van der Waals surface area contributed by atoms with Gasteiger partial charge in [-0.2, -0.15) is 0 Å². The average Bonchev–Trinajstić information content (AvgIpc) is 2.15. The summed E-state index contributed by atoms with van der Waals surface area (Å²) in [5.41, 5.74) is 0. The predicted octanol–water partition coefficient (Wildman–Crippen LogP) is 3.70. The summed E-state index contributed by atoms with van der Waals surface area (Å²) in [6.45, 7) is 7.34. The third kappa shape index (κ3) is 12.4. The van der Waals surface area contributed by atoms with Crippen molar-refractivity contribution in [3.05, 3.63) is 0 Å². The molecule has 0 aromatic heterocycles. The summed E-state index contributed by atoms with van der Waals surface area (Å²) >= 11 is 0. The van der Waals surface area contributed by atoms with Gasteiger partial charge in [0.2, 0.25) is 0 Å². The minimum Gasteiger partial charge on any atom is -0.0745 e. The van der Waals surface area contributed by atoms with E-state index in [-0.39, 0.29) is 8.31 Å². The smallest absolute Gasteiger partial charge is 0.0180 e. The topological polar surface area (TPSA) is 0 Å². The van der Waals surface area contributed by atoms with Crippen molar-refractivity contribution >= 4 is 17.4 Å². The van der Waals surface area contributed by atoms with Crippen molar-refractivity contribution in [2.45, 2.75) is 77.4 Å². The van der Waals surface area contributed by atoms with E-state index < -0.39 is 0 Å². The highest BCUT2D eigenvalue weighted by Crippen LogP contribution is 2.09. The maximum Gasteiger partial charge on any atom is 0.0180 e. The lowest BCUT2D eigenvalue weighted by molar-refractivity contribution is 0.585. The van der Waals surface area contributed by atoms with Gasteiger partial charge in [-0.25, -0.2) is 0 Å². The zero-order valence-corrected chi connectivity index (χ0v) is 13.2. The summed E-state index contributed by atoms with van der Waals surface area (Å²) in [5, 5.41) is 0. The van der Waals surface area contributed by atoms with E-state index in [1.807, 2.05) is 0 Å². The first-order valence-electron chi connectivity index (χ1n) is 6.77. The normalized spacial score (nSPS) is 12.0. The molecule has 2 heteroatoms. The third-order valence-corrected chi connectivity index (χ3v) is 9.64. The highest BCUT2D eigenvalue weighted by atomic mass is 29.2. The highest BCUT2D eigenvalue weighted by Gasteiger charge is 1.96. The first-order valence-corrected chi connectivity index (χ1v) is 13.3. The van der Waals surface area contributed by atoms with Crippen LogP contribution in [0.2, 0.25) is 19.1 Å². The molecule has 0 radical (unpaired) electrons. The second-order valence-corrected chi connectivity index (χ2v) is 15.7. The molecule has 0 atom stereocenters. The van der Waals surface area contributed by atoms with Crippen LogP contribution in [0.5, 0.6) is 0 Å². The predicted molar refractivity (Wildman–Crippen MR) is 74.8 cm³/mol. The molecule has 0 aliphatic heterocycles. The van der Waals surface area contributed by atoms with Crippen molar-refractivity contribution in [2.24, 2.45) is 0 Å². The standard InChI is InChI=1S/C12H30Si2/c1-4-5-6-7-8-9-10-11-12-13-14(2)3/h14H,4-13H2,1-3H3. The van der Waals surface area contributed by atoms with E-state index in [0.29, 0.717) is 9.04 Å². The lowest BCUT2D eigenvalue weighted by Crippen LogP contribution is -2.11. The number of unbranched alkanes of at least 4 members (excludes halogenated alkanes) is 7. The Morgan fingerprint density at radius 3 is 1.79 bits per heavy atom. The molecule has 86 valence electrons. The maximum absolute atomic E-state index is 2.52. The molecule has 0 aliphatic rings. The van der Waals surface area contributed by atoms with E-state index in [0.717, 1.165) is 0 Å². The number of rotatable bonds is 10. The van der Waals surface area contributed by atoms with Crippen LogP contribution >= 0.6 is 0 Å². The molecule has 0 unspecified atom stereocenters. The van der Waals surface area contributed by atoms with Crippen LogP contribution in [-0.2, 0) is 0 Å². The van der Waals surface area contributed by atoms with E-state index >= 15 is 0 Å². The lowest BCUT2D eigenvalue weighted by Gasteiger charge is -2.02. The minimum absolute atomic E-state index is 0.106. The average molecular weight is 231 g/mol. The van der Waals surface area contributed by atoms with Gasteiger partial charge in [0.05, 0.1) is 0 Å². The van der Waals surface area contributed by atoms with E-state index in [1.165, 1.54) is 44.9 Å². The van der Waals surface area contributed by atoms with Gasteiger partial charge in [0, 0.05) is 17.4 Å². The van der Waals surface area contributed by atoms with Crippen molar-refractivity contribution in [2.75, 3.05) is 0 Å². The summed E-state index contributed by atoms with van der Waals surface area (Å²) in [6, 6.07) is 1.65. The molecule has 0 nitrogen and oxygen atoms in total. The van der Waals surface area contributed by atoms with Crippen LogP contribution in [0.15, 0.2) is 0 Å². The Morgan fingerprint density at radius 2 is 1.29 bits per heavy atom. The van der Waals surface area contributed by atoms with Gasteiger partial charge < -0.3 is 0 Å². The Morgan fingerprint density at radius 1 is 0.786 bits per heavy atom. The molecule has 0 aromatic carbocycles. The van der Waals surface area contributed by atoms with E-state index in [9.17, 15) is 0 Å². The summed E-state index contributed by atoms with van der Waals surface area (Å²) in [5.74, 6) is 0. The Kier molecular flexibility index (Phi) is 11.9. The molecule has 0 amide bonds. The van der Waals surface area contributed by atoms with Crippen LogP contribution in [0.3, 0.4) is 0 Å². The zero-order chi connectivity index (χ0) is 10.6. The Bertz CT molecular complexity index is 102. The fourth-order valence-electron chi connectivity index (χ4n) is 1.86. The Balaban J connectivity index is 2.85. The van der Waals surface area contributed by atoms with Crippen LogP contribution in [0.4, 0.5) is 0 Å². The molecular weight excluding hydrogens is 200 g/mol. The van der Waals surface area contributed by atoms with E-state index in [1.54, 1.807) is 12.5 Å². The number of hydrogen-bond donors (Lipinski definition) is 0. The van der Waals surface area contributed by atoms with Crippen LogP contribution in [-0.4, -0.2) is 17.4 Å². The van der Waals surface area contributed by atoms with Crippen LogP contribution in [0.1, 0.15) is 58.3 Å². The second kappa shape index (κ2) is 11.5. The molecule has 0 rings (SSSR count). The summed E-state index contributed by atoms with van der Waals surface area (Å²) in [6.07, 6.45) is 11.9. The van der Waals surface area contributed by atoms with Gasteiger partial charge in [-0.3, -0.25) is 0 Å². The largest absolute Gasteiger partial charge is 0.0745 e. The van der Waals surface area contributed by atoms with Gasteiger partial charge in [0.1, 0.15) is 0 Å². The van der Waals surface area contributed by atoms with Crippen molar-refractivity contribution in [3.63, 3.8) is 0 Å². The quantitative estimate of drug-likeness (QED) is 0.397. The lowest BCUT2D eigenvalue weighted by atomic mass is 10.1. The Labute approximate surface area is 95.1 Å². The molecule has 0 aromatic rings. The van der Waals surface area contributed by atoms with Gasteiger partial charge in [0.25, 0.3) is 0 Å². The summed E-state index contributed by atoms with van der Waals surface area (Å²) in [7, 11) is 0.331. The highest BCUT2D eigenvalue weighted by molar-refractivity contribution is 7.11. The maximum atomic E-state index is 2.52. The first kappa shape index (κ1) is 14.4. The third-order valence-electron chi connectivity index (χ3n) is 2.89. The molecule has 0 spiro atoms. The van der Waals surface area contributed by atoms with Gasteiger partial charge in [-0.05, 0) is 0 Å². The fraction of sp³-hybridized carbons (Fsp3) is 1.00. The van der Waals surface area contributed by atoms with Crippen molar-refractivity contribution in [3.8, 4) is 0 Å². The van der Waals surface area contributed by atoms with E-state index in [4.69, 9.17) is 0 Å². The van der Waals surface area contributed by atoms with Crippen LogP contribution in [0.25, 0.3) is 0 Å². The van der Waals surface area contributed by atoms with Gasteiger partial charge >= 0.3 is 0 Å². The molecule has 0 heterocycles. The molecule has 0 fully saturated rings. The van der Waals surface area contributed by atoms with Gasteiger partial charge in [0.15, 0.2) is 0 Å². The second-order valence-electron chi connectivity index (χ2n) is 5.01. The first-order chi connectivity index (χ1) is 6.77. The van der Waals surface area contributed by atoms with Gasteiger partial charge in [-0.15, -0.1) is 0 Å². The van der Waals surface area contributed by atoms with E-state index in [2.05, 4.69) is 20.0 Å². The SMILES string of the molecule is CCCCCCCCCC[SiH2][SiH](C)C. The molecular formula is C12H30Si2. The van der Waals surface area contributed by atoms with Crippen LogP contribution in [0, 0.1) is 0 Å². The molecule has 0 aliphatic carbocycles. The van der Waals surface area contributed by atoms with Crippen molar-refractivity contribution < 1.29 is 0 Å². The van der Waals surface area contributed by atoms with Crippen molar-refractivity contribution in [1.29, 1.82) is 0 Å². The summed E-state index contributed by atoms with van der Waals surface area (Å²) < 4.78 is 0. The van der Waals surface area contributed by atoms with Gasteiger partial charge in [-0.1, -0.05) is 77.4 Å². The zero-order valence-electron chi connectivity index (χ0n) is 10.6. The van der Waals surface area contributed by atoms with Crippen LogP contribution < -0.4 is 0 Å². The van der Waals surface area contributed by atoms with Crippen molar-refractivity contribution in [1.82, 2.24) is 0 Å². The molecule has 14 heavy (non-hydrogen) atoms. The minimum atomic E-state index is -0.106. The molecule has 0 saturated carbocycles. The monoisotopic (exact) mass is 230 g/mol. The number of hydrogen-bond acceptors (Lipinski definition) is 0. The fourth-order valence-corrected chi connectivity index (χ4v) is 6.64.